The smallest absolute Gasteiger partial charge is 0.493 e. The minimum atomic E-state index is -1.31. The average Bonchev–Trinajstić information content (AvgIpc) is 2.71. The number of benzene rings is 1. The Morgan fingerprint density at radius 1 is 0.963 bits per heavy atom. The molecule has 6 heteroatoms. The summed E-state index contributed by atoms with van der Waals surface area (Å²) < 4.78 is 24.9. The van der Waals surface area contributed by atoms with Crippen molar-refractivity contribution < 1.29 is 18.2 Å². The van der Waals surface area contributed by atoms with E-state index in [9.17, 15) is 0 Å². The molecule has 0 N–H and O–H groups in total. The van der Waals surface area contributed by atoms with Gasteiger partial charge in [0, 0.05) is 10.8 Å². The summed E-state index contributed by atoms with van der Waals surface area (Å²) in [5.74, 6) is 1.60. The van der Waals surface area contributed by atoms with Crippen LogP contribution in [-0.4, -0.2) is 42.2 Å². The second kappa shape index (κ2) is 7.53. The molecular weight excluding hydrogens is 359 g/mol. The van der Waals surface area contributed by atoms with Crippen LogP contribution in [0, 0.1) is 0 Å². The minimum Gasteiger partial charge on any atom is -0.493 e. The second-order valence-corrected chi connectivity index (χ2v) is 13.5. The zero-order chi connectivity index (χ0) is 20.7. The van der Waals surface area contributed by atoms with Crippen LogP contribution in [0.1, 0.15) is 61.8 Å². The number of hydrogen-bond acceptors (Lipinski definition) is 4. The maximum atomic E-state index is 6.48. The first-order valence-corrected chi connectivity index (χ1v) is 12.1. The summed E-state index contributed by atoms with van der Waals surface area (Å²) >= 11 is 0. The van der Waals surface area contributed by atoms with Gasteiger partial charge in [0.25, 0.3) is 0 Å². The zero-order valence-corrected chi connectivity index (χ0v) is 19.6. The van der Waals surface area contributed by atoms with Gasteiger partial charge in [0.05, 0.1) is 17.8 Å². The standard InChI is InChI=1S/C21H37BO4S/c1-11-12-23-17-13-16(22-25-20(5,6)21(7,8)26-22)14-18(15-17)24-27(9,10)19(2,3)4/h13-15H,11-12H2,1-10H3. The highest BCUT2D eigenvalue weighted by molar-refractivity contribution is 8.30. The van der Waals surface area contributed by atoms with Crippen molar-refractivity contribution in [2.45, 2.75) is 77.8 Å². The number of hydrogen-bond donors (Lipinski definition) is 0. The van der Waals surface area contributed by atoms with Crippen LogP contribution in [0.15, 0.2) is 18.2 Å². The van der Waals surface area contributed by atoms with E-state index < -0.39 is 17.4 Å². The Kier molecular flexibility index (Phi) is 6.26. The largest absolute Gasteiger partial charge is 0.495 e. The summed E-state index contributed by atoms with van der Waals surface area (Å²) in [7, 11) is -1.75. The van der Waals surface area contributed by atoms with Crippen molar-refractivity contribution in [3.8, 4) is 11.5 Å². The molecule has 0 bridgehead atoms. The topological polar surface area (TPSA) is 36.9 Å². The van der Waals surface area contributed by atoms with Gasteiger partial charge in [-0.1, -0.05) is 17.2 Å². The molecule has 0 saturated carbocycles. The Bertz CT molecular complexity index is 649. The van der Waals surface area contributed by atoms with E-state index in [1.807, 2.05) is 18.2 Å². The summed E-state index contributed by atoms with van der Waals surface area (Å²) in [5.41, 5.74) is 0.172. The van der Waals surface area contributed by atoms with Crippen molar-refractivity contribution in [1.29, 1.82) is 0 Å². The second-order valence-electron chi connectivity index (χ2n) is 9.60. The Morgan fingerprint density at radius 3 is 1.96 bits per heavy atom. The monoisotopic (exact) mass is 396 g/mol. The average molecular weight is 396 g/mol. The van der Waals surface area contributed by atoms with Crippen LogP contribution in [-0.2, 0) is 9.31 Å². The Balaban J connectivity index is 2.38. The van der Waals surface area contributed by atoms with Gasteiger partial charge < -0.3 is 18.2 Å². The predicted octanol–water partition coefficient (Wildman–Crippen LogP) is 4.93. The van der Waals surface area contributed by atoms with E-state index in [-0.39, 0.29) is 15.9 Å². The third-order valence-corrected chi connectivity index (χ3v) is 9.24. The Morgan fingerprint density at radius 2 is 1.48 bits per heavy atom. The third-order valence-electron chi connectivity index (χ3n) is 5.68. The summed E-state index contributed by atoms with van der Waals surface area (Å²) in [5, 5.41) is 0. The van der Waals surface area contributed by atoms with Crippen molar-refractivity contribution in [3.05, 3.63) is 18.2 Å². The van der Waals surface area contributed by atoms with Crippen molar-refractivity contribution in [1.82, 2.24) is 0 Å². The first-order chi connectivity index (χ1) is 12.2. The van der Waals surface area contributed by atoms with Crippen molar-refractivity contribution in [2.24, 2.45) is 0 Å². The molecule has 2 rings (SSSR count). The fourth-order valence-corrected chi connectivity index (χ4v) is 3.25. The fourth-order valence-electron chi connectivity index (χ4n) is 2.43. The van der Waals surface area contributed by atoms with E-state index in [0.717, 1.165) is 23.4 Å². The normalized spacial score (nSPS) is 19.9. The molecule has 27 heavy (non-hydrogen) atoms. The van der Waals surface area contributed by atoms with Gasteiger partial charge in [0.2, 0.25) is 0 Å². The molecule has 154 valence electrons. The van der Waals surface area contributed by atoms with E-state index in [2.05, 4.69) is 67.9 Å². The van der Waals surface area contributed by atoms with E-state index in [1.54, 1.807) is 0 Å². The summed E-state index contributed by atoms with van der Waals surface area (Å²) in [6.45, 7) is 17.7. The van der Waals surface area contributed by atoms with Gasteiger partial charge in [-0.25, -0.2) is 0 Å². The quantitative estimate of drug-likeness (QED) is 0.639. The van der Waals surface area contributed by atoms with Crippen molar-refractivity contribution in [2.75, 3.05) is 19.1 Å². The van der Waals surface area contributed by atoms with E-state index in [0.29, 0.717) is 6.61 Å². The molecule has 1 aliphatic rings. The molecule has 1 saturated heterocycles. The number of rotatable bonds is 6. The fraction of sp³-hybridized carbons (Fsp3) is 0.714. The number of ether oxygens (including phenoxy) is 1. The van der Waals surface area contributed by atoms with E-state index in [1.165, 1.54) is 0 Å². The molecule has 1 aliphatic heterocycles. The van der Waals surface area contributed by atoms with Gasteiger partial charge >= 0.3 is 7.12 Å². The Labute approximate surface area is 168 Å². The van der Waals surface area contributed by atoms with Crippen LogP contribution < -0.4 is 14.4 Å². The third kappa shape index (κ3) is 4.96. The Hall–Kier alpha value is -0.845. The molecule has 0 atom stereocenters. The van der Waals surface area contributed by atoms with Gasteiger partial charge in [-0.2, -0.15) is 0 Å². The van der Waals surface area contributed by atoms with Gasteiger partial charge in [0.15, 0.2) is 0 Å². The maximum absolute atomic E-state index is 6.48. The first kappa shape index (κ1) is 22.4. The summed E-state index contributed by atoms with van der Waals surface area (Å²) in [4.78, 5) is 0. The molecule has 1 aromatic carbocycles. The summed E-state index contributed by atoms with van der Waals surface area (Å²) in [6, 6.07) is 6.01. The van der Waals surface area contributed by atoms with Crippen LogP contribution in [0.3, 0.4) is 0 Å². The molecule has 0 aromatic heterocycles. The van der Waals surface area contributed by atoms with Gasteiger partial charge in [-0.05, 0) is 85.0 Å². The molecule has 1 heterocycles. The van der Waals surface area contributed by atoms with Gasteiger partial charge in [0.1, 0.15) is 11.5 Å². The molecule has 0 aliphatic carbocycles. The highest BCUT2D eigenvalue weighted by Gasteiger charge is 2.52. The van der Waals surface area contributed by atoms with Crippen LogP contribution >= 0.6 is 10.3 Å². The van der Waals surface area contributed by atoms with Crippen LogP contribution in [0.25, 0.3) is 0 Å². The van der Waals surface area contributed by atoms with Crippen molar-refractivity contribution >= 4 is 22.9 Å². The molecule has 1 aromatic rings. The molecule has 0 unspecified atom stereocenters. The SMILES string of the molecule is CCCOc1cc(OS(C)(C)C(C)(C)C)cc(B2OC(C)(C)C(C)(C)O2)c1. The molecule has 0 amide bonds. The van der Waals surface area contributed by atoms with Crippen LogP contribution in [0.4, 0.5) is 0 Å². The predicted molar refractivity (Wildman–Crippen MR) is 118 cm³/mol. The lowest BCUT2D eigenvalue weighted by atomic mass is 9.79. The lowest BCUT2D eigenvalue weighted by Crippen LogP contribution is -2.41. The van der Waals surface area contributed by atoms with Crippen LogP contribution in [0.5, 0.6) is 11.5 Å². The highest BCUT2D eigenvalue weighted by atomic mass is 32.3. The maximum Gasteiger partial charge on any atom is 0.495 e. The lowest BCUT2D eigenvalue weighted by Gasteiger charge is -2.43. The highest BCUT2D eigenvalue weighted by Crippen LogP contribution is 2.53. The summed E-state index contributed by atoms with van der Waals surface area (Å²) in [6.07, 6.45) is 5.34. The van der Waals surface area contributed by atoms with E-state index >= 15 is 0 Å². The van der Waals surface area contributed by atoms with Gasteiger partial charge in [-0.3, -0.25) is 0 Å². The molecule has 0 spiro atoms. The molecule has 1 fully saturated rings. The minimum absolute atomic E-state index is 0.0672. The molecule has 4 nitrogen and oxygen atoms in total. The van der Waals surface area contributed by atoms with Crippen LogP contribution in [0.2, 0.25) is 0 Å². The zero-order valence-electron chi connectivity index (χ0n) is 18.8. The van der Waals surface area contributed by atoms with Gasteiger partial charge in [-0.15, -0.1) is 0 Å². The lowest BCUT2D eigenvalue weighted by molar-refractivity contribution is 0.00578. The van der Waals surface area contributed by atoms with Crippen molar-refractivity contribution in [3.63, 3.8) is 0 Å². The molecular formula is C21H37BO4S. The first-order valence-electron chi connectivity index (χ1n) is 9.74. The van der Waals surface area contributed by atoms with E-state index in [4.69, 9.17) is 18.2 Å². The molecule has 0 radical (unpaired) electrons.